The van der Waals surface area contributed by atoms with E-state index < -0.39 is 0 Å². The average molecular weight is 420 g/mol. The average Bonchev–Trinajstić information content (AvgIpc) is 3.12. The molecule has 0 fully saturated rings. The summed E-state index contributed by atoms with van der Waals surface area (Å²) in [6.07, 6.45) is 0.773. The van der Waals surface area contributed by atoms with Crippen LogP contribution in [0.2, 0.25) is 0 Å². The lowest BCUT2D eigenvalue weighted by Gasteiger charge is -2.27. The molecule has 1 amide bonds. The molecule has 2 aromatic carbocycles. The van der Waals surface area contributed by atoms with E-state index in [1.165, 1.54) is 16.0 Å². The minimum atomic E-state index is -0.186. The van der Waals surface area contributed by atoms with E-state index in [1.54, 1.807) is 16.2 Å². The number of rotatable bonds is 4. The van der Waals surface area contributed by atoms with Crippen molar-refractivity contribution in [3.63, 3.8) is 0 Å². The molecule has 3 N–H and O–H groups in total. The summed E-state index contributed by atoms with van der Waals surface area (Å²) in [7, 11) is 4.06. The predicted octanol–water partition coefficient (Wildman–Crippen LogP) is 2.81. The van der Waals surface area contributed by atoms with E-state index in [4.69, 9.17) is 0 Å². The molecule has 30 heavy (non-hydrogen) atoms. The zero-order valence-electron chi connectivity index (χ0n) is 17.4. The molecule has 154 valence electrons. The van der Waals surface area contributed by atoms with Crippen LogP contribution >= 0.6 is 11.3 Å². The molecule has 0 bridgehead atoms. The predicted molar refractivity (Wildman–Crippen MR) is 122 cm³/mol. The van der Waals surface area contributed by atoms with Crippen molar-refractivity contribution in [1.82, 2.24) is 5.32 Å². The molecule has 2 aliphatic rings. The number of thiophene rings is 1. The van der Waals surface area contributed by atoms with Gasteiger partial charge in [-0.15, -0.1) is 11.3 Å². The molecule has 6 heteroatoms. The smallest absolute Gasteiger partial charge is 0.256 e. The van der Waals surface area contributed by atoms with Gasteiger partial charge in [0.1, 0.15) is 24.3 Å². The highest BCUT2D eigenvalue weighted by molar-refractivity contribution is 7.16. The second-order valence-electron chi connectivity index (χ2n) is 8.33. The number of quaternary nitrogens is 1. The zero-order valence-corrected chi connectivity index (χ0v) is 18.2. The fourth-order valence-corrected chi connectivity index (χ4v) is 5.76. The van der Waals surface area contributed by atoms with E-state index in [2.05, 4.69) is 70.1 Å². The Labute approximate surface area is 181 Å². The summed E-state index contributed by atoms with van der Waals surface area (Å²) in [6, 6.07) is 19.0. The topological polar surface area (TPSA) is 48.8 Å². The van der Waals surface area contributed by atoms with E-state index in [9.17, 15) is 4.79 Å². The van der Waals surface area contributed by atoms with Crippen LogP contribution in [-0.4, -0.2) is 26.5 Å². The van der Waals surface area contributed by atoms with Gasteiger partial charge in [0, 0.05) is 31.8 Å². The number of nitrogens with zero attached hydrogens (tertiary/aromatic N) is 1. The van der Waals surface area contributed by atoms with Crippen LogP contribution in [0.15, 0.2) is 54.6 Å². The number of benzene rings is 2. The van der Waals surface area contributed by atoms with Crippen LogP contribution in [-0.2, 0) is 19.5 Å². The summed E-state index contributed by atoms with van der Waals surface area (Å²) in [5.74, 6) is 0.0504. The first kappa shape index (κ1) is 19.2. The number of carbonyl (C=O) groups is 1. The number of carbonyl (C=O) groups excluding carboxylic acids is 1. The summed E-state index contributed by atoms with van der Waals surface area (Å²) in [5.41, 5.74) is 5.71. The monoisotopic (exact) mass is 419 g/mol. The van der Waals surface area contributed by atoms with Crippen molar-refractivity contribution in [1.29, 1.82) is 0 Å². The van der Waals surface area contributed by atoms with Gasteiger partial charge in [-0.1, -0.05) is 42.5 Å². The van der Waals surface area contributed by atoms with Crippen molar-refractivity contribution >= 4 is 27.9 Å². The Kier molecular flexibility index (Phi) is 4.97. The number of amides is 1. The number of fused-ring (bicyclic) bond motifs is 3. The van der Waals surface area contributed by atoms with E-state index in [0.29, 0.717) is 0 Å². The van der Waals surface area contributed by atoms with Crippen molar-refractivity contribution < 1.29 is 9.69 Å². The lowest BCUT2D eigenvalue weighted by Crippen LogP contribution is -3.10. The van der Waals surface area contributed by atoms with Gasteiger partial charge in [0.2, 0.25) is 0 Å². The molecule has 0 saturated heterocycles. The Morgan fingerprint density at radius 2 is 1.83 bits per heavy atom. The van der Waals surface area contributed by atoms with E-state index in [-0.39, 0.29) is 12.1 Å². The fraction of sp³-hybridized carbons (Fsp3) is 0.292. The third kappa shape index (κ3) is 3.57. The molecule has 3 aromatic rings. The highest BCUT2D eigenvalue weighted by atomic mass is 32.1. The number of hydrogen-bond donors (Lipinski definition) is 3. The van der Waals surface area contributed by atoms with Gasteiger partial charge in [-0.05, 0) is 23.3 Å². The Hall–Kier alpha value is -2.83. The van der Waals surface area contributed by atoms with Gasteiger partial charge < -0.3 is 20.4 Å². The van der Waals surface area contributed by atoms with E-state index >= 15 is 0 Å². The Balaban J connectivity index is 1.35. The summed E-state index contributed by atoms with van der Waals surface area (Å²) in [4.78, 5) is 18.0. The maximum Gasteiger partial charge on any atom is 0.256 e. The second kappa shape index (κ2) is 7.78. The normalized spacial score (nSPS) is 20.0. The maximum atomic E-state index is 13.0. The molecular formula is C24H27N4OS+. The van der Waals surface area contributed by atoms with Crippen LogP contribution in [0.1, 0.15) is 38.1 Å². The molecule has 2 atom stereocenters. The molecule has 0 spiro atoms. The molecule has 1 aromatic heterocycles. The number of hydrogen-bond acceptors (Lipinski definition) is 4. The minimum Gasteiger partial charge on any atom is -0.378 e. The zero-order chi connectivity index (χ0) is 20.7. The second-order valence-corrected chi connectivity index (χ2v) is 9.44. The molecular weight excluding hydrogens is 392 g/mol. The van der Waals surface area contributed by atoms with Crippen molar-refractivity contribution in [3.8, 4) is 0 Å². The molecule has 1 unspecified atom stereocenters. The van der Waals surface area contributed by atoms with Crippen LogP contribution in [0.5, 0.6) is 0 Å². The highest BCUT2D eigenvalue weighted by Crippen LogP contribution is 2.39. The standard InChI is InChI=1S/C24H26N4OS/c1-27(2)18-10-8-17(9-11-18)22-25-23(29)21-19-12-13-28(14-16-6-4-3-5-7-16)15-20(19)30-24(21)26-22/h3-11,22,26H,12-15H2,1-2H3,(H,25,29)/p+1/t22-/m1/s1. The van der Waals surface area contributed by atoms with Gasteiger partial charge in [0.15, 0.2) is 0 Å². The van der Waals surface area contributed by atoms with Crippen LogP contribution in [0.25, 0.3) is 0 Å². The van der Waals surface area contributed by atoms with E-state index in [1.807, 2.05) is 14.1 Å². The van der Waals surface area contributed by atoms with Crippen LogP contribution in [0.4, 0.5) is 10.7 Å². The SMILES string of the molecule is CN(C)c1ccc([C@@H]2NC(=O)c3c(sc4c3CC[NH+](Cc3ccccc3)C4)N2)cc1. The number of anilines is 2. The molecule has 0 radical (unpaired) electrons. The van der Waals surface area contributed by atoms with Gasteiger partial charge in [0.05, 0.1) is 17.0 Å². The first-order valence-corrected chi connectivity index (χ1v) is 11.3. The summed E-state index contributed by atoms with van der Waals surface area (Å²) < 4.78 is 0. The van der Waals surface area contributed by atoms with Crippen molar-refractivity contribution in [2.24, 2.45) is 0 Å². The van der Waals surface area contributed by atoms with Crippen LogP contribution < -0.4 is 20.4 Å². The van der Waals surface area contributed by atoms with E-state index in [0.717, 1.165) is 47.9 Å². The third-order valence-electron chi connectivity index (χ3n) is 6.05. The van der Waals surface area contributed by atoms with Crippen LogP contribution in [0.3, 0.4) is 0 Å². The number of nitrogens with one attached hydrogen (secondary N) is 3. The van der Waals surface area contributed by atoms with Gasteiger partial charge in [0.25, 0.3) is 5.91 Å². The lowest BCUT2D eigenvalue weighted by molar-refractivity contribution is -0.929. The Morgan fingerprint density at radius 1 is 1.07 bits per heavy atom. The van der Waals surface area contributed by atoms with Gasteiger partial charge in [-0.25, -0.2) is 0 Å². The van der Waals surface area contributed by atoms with Crippen molar-refractivity contribution in [3.05, 3.63) is 81.7 Å². The minimum absolute atomic E-state index is 0.0504. The highest BCUT2D eigenvalue weighted by Gasteiger charge is 2.34. The van der Waals surface area contributed by atoms with Gasteiger partial charge in [-0.3, -0.25) is 4.79 Å². The Morgan fingerprint density at radius 3 is 2.57 bits per heavy atom. The van der Waals surface area contributed by atoms with Crippen molar-refractivity contribution in [2.75, 3.05) is 30.9 Å². The van der Waals surface area contributed by atoms with Gasteiger partial charge >= 0.3 is 0 Å². The maximum absolute atomic E-state index is 13.0. The summed E-state index contributed by atoms with van der Waals surface area (Å²) >= 11 is 1.76. The van der Waals surface area contributed by atoms with Crippen molar-refractivity contribution in [2.45, 2.75) is 25.7 Å². The van der Waals surface area contributed by atoms with Crippen LogP contribution in [0, 0.1) is 0 Å². The molecule has 2 aliphatic heterocycles. The first-order chi connectivity index (χ1) is 14.6. The van der Waals surface area contributed by atoms with Gasteiger partial charge in [-0.2, -0.15) is 0 Å². The molecule has 0 saturated carbocycles. The largest absolute Gasteiger partial charge is 0.378 e. The summed E-state index contributed by atoms with van der Waals surface area (Å²) in [5, 5.41) is 7.76. The first-order valence-electron chi connectivity index (χ1n) is 10.4. The lowest BCUT2D eigenvalue weighted by atomic mass is 10.00. The summed E-state index contributed by atoms with van der Waals surface area (Å²) in [6.45, 7) is 3.08. The molecule has 5 rings (SSSR count). The Bertz CT molecular complexity index is 1060. The molecule has 0 aliphatic carbocycles. The quantitative estimate of drug-likeness (QED) is 0.610. The third-order valence-corrected chi connectivity index (χ3v) is 7.21. The molecule has 5 nitrogen and oxygen atoms in total. The fourth-order valence-electron chi connectivity index (χ4n) is 4.42. The molecule has 3 heterocycles.